The van der Waals surface area contributed by atoms with Crippen LogP contribution in [0.25, 0.3) is 0 Å². The first-order valence-corrected chi connectivity index (χ1v) is 6.08. The Morgan fingerprint density at radius 3 is 2.95 bits per heavy atom. The van der Waals surface area contributed by atoms with E-state index in [1.807, 2.05) is 0 Å². The molecule has 0 saturated carbocycles. The average Bonchev–Trinajstić information content (AvgIpc) is 2.46. The molecule has 2 rings (SSSR count). The van der Waals surface area contributed by atoms with E-state index in [4.69, 9.17) is 4.74 Å². The van der Waals surface area contributed by atoms with Crippen LogP contribution in [0.2, 0.25) is 0 Å². The predicted molar refractivity (Wildman–Crippen MR) is 68.5 cm³/mol. The molecule has 1 fully saturated rings. The molecule has 0 aromatic carbocycles. The highest BCUT2D eigenvalue weighted by atomic mass is 16.6. The molecule has 0 N–H and O–H groups in total. The third-order valence-corrected chi connectivity index (χ3v) is 3.21. The summed E-state index contributed by atoms with van der Waals surface area (Å²) < 4.78 is 5.00. The van der Waals surface area contributed by atoms with Crippen molar-refractivity contribution in [3.63, 3.8) is 0 Å². The van der Waals surface area contributed by atoms with Gasteiger partial charge in [-0.1, -0.05) is 0 Å². The summed E-state index contributed by atoms with van der Waals surface area (Å²) in [7, 11) is 1.45. The number of anilines is 1. The first-order chi connectivity index (χ1) is 9.17. The topological polar surface area (TPSA) is 85.6 Å². The number of methoxy groups -OCH3 is 1. The Hall–Kier alpha value is -2.18. The van der Waals surface area contributed by atoms with Crippen molar-refractivity contribution in [1.82, 2.24) is 4.98 Å². The number of nitrogens with zero attached hydrogens (tertiary/aromatic N) is 3. The number of hydrogen-bond donors (Lipinski definition) is 0. The summed E-state index contributed by atoms with van der Waals surface area (Å²) in [6.07, 6.45) is 3.35. The van der Waals surface area contributed by atoms with E-state index >= 15 is 0 Å². The zero-order valence-corrected chi connectivity index (χ0v) is 10.6. The molecular weight excluding hydrogens is 250 g/mol. The van der Waals surface area contributed by atoms with Crippen molar-refractivity contribution in [1.29, 1.82) is 0 Å². The summed E-state index contributed by atoms with van der Waals surface area (Å²) in [5.41, 5.74) is -0.102. The zero-order valence-electron chi connectivity index (χ0n) is 10.6. The number of aromatic nitrogens is 1. The third-order valence-electron chi connectivity index (χ3n) is 3.21. The molecule has 0 amide bonds. The second-order valence-electron chi connectivity index (χ2n) is 4.35. The highest BCUT2D eigenvalue weighted by molar-refractivity contribution is 5.69. The summed E-state index contributed by atoms with van der Waals surface area (Å²) >= 11 is 0. The summed E-state index contributed by atoms with van der Waals surface area (Å²) in [4.78, 5) is 27.5. The molecule has 1 saturated heterocycles. The van der Waals surface area contributed by atoms with Gasteiger partial charge in [-0.05, 0) is 19.3 Å². The van der Waals surface area contributed by atoms with Gasteiger partial charge >= 0.3 is 5.69 Å². The van der Waals surface area contributed by atoms with Gasteiger partial charge in [0, 0.05) is 18.7 Å². The van der Waals surface area contributed by atoms with E-state index in [1.54, 1.807) is 4.90 Å². The predicted octanol–water partition coefficient (Wildman–Crippen LogP) is 1.56. The van der Waals surface area contributed by atoms with E-state index in [2.05, 4.69) is 4.98 Å². The van der Waals surface area contributed by atoms with Crippen LogP contribution in [-0.2, 0) is 4.79 Å². The van der Waals surface area contributed by atoms with Crippen molar-refractivity contribution in [3.8, 4) is 5.88 Å². The standard InChI is InChI=1S/C12H15N3O4/c1-19-11-6-5-10(15(17)18)12(13-11)14-7-3-2-4-9(14)8-16/h5-6,8-9H,2-4,7H2,1H3. The van der Waals surface area contributed by atoms with Crippen LogP contribution in [0, 0.1) is 10.1 Å². The smallest absolute Gasteiger partial charge is 0.311 e. The van der Waals surface area contributed by atoms with Crippen LogP contribution in [0.15, 0.2) is 12.1 Å². The number of ether oxygens (including phenoxy) is 1. The minimum absolute atomic E-state index is 0.102. The molecular formula is C12H15N3O4. The molecule has 2 heterocycles. The molecule has 1 aromatic heterocycles. The van der Waals surface area contributed by atoms with E-state index in [9.17, 15) is 14.9 Å². The molecule has 7 heteroatoms. The Kier molecular flexibility index (Phi) is 3.94. The fourth-order valence-electron chi connectivity index (χ4n) is 2.25. The molecule has 1 aromatic rings. The van der Waals surface area contributed by atoms with Gasteiger partial charge in [0.05, 0.1) is 18.1 Å². The molecule has 1 atom stereocenters. The summed E-state index contributed by atoms with van der Waals surface area (Å²) in [5, 5.41) is 11.1. The third kappa shape index (κ3) is 2.64. The molecule has 0 bridgehead atoms. The number of aldehydes is 1. The van der Waals surface area contributed by atoms with Crippen LogP contribution >= 0.6 is 0 Å². The van der Waals surface area contributed by atoms with Gasteiger partial charge in [-0.25, -0.2) is 0 Å². The molecule has 1 aliphatic heterocycles. The van der Waals surface area contributed by atoms with Crippen molar-refractivity contribution in [2.45, 2.75) is 25.3 Å². The van der Waals surface area contributed by atoms with E-state index in [1.165, 1.54) is 19.2 Å². The summed E-state index contributed by atoms with van der Waals surface area (Å²) in [5.74, 6) is 0.511. The summed E-state index contributed by atoms with van der Waals surface area (Å²) in [6, 6.07) is 2.45. The Morgan fingerprint density at radius 2 is 2.32 bits per heavy atom. The number of carbonyl (C=O) groups excluding carboxylic acids is 1. The lowest BCUT2D eigenvalue weighted by Gasteiger charge is -2.32. The van der Waals surface area contributed by atoms with Gasteiger partial charge in [-0.3, -0.25) is 10.1 Å². The highest BCUT2D eigenvalue weighted by Crippen LogP contribution is 2.32. The van der Waals surface area contributed by atoms with E-state index in [-0.39, 0.29) is 17.5 Å². The Morgan fingerprint density at radius 1 is 1.53 bits per heavy atom. The SMILES string of the molecule is COc1ccc([N+](=O)[O-])c(N2CCCCC2C=O)n1. The maximum Gasteiger partial charge on any atom is 0.311 e. The largest absolute Gasteiger partial charge is 0.481 e. The molecule has 1 unspecified atom stereocenters. The number of carbonyl (C=O) groups is 1. The maximum atomic E-state index is 11.1. The van der Waals surface area contributed by atoms with Gasteiger partial charge in [-0.2, -0.15) is 4.98 Å². The molecule has 7 nitrogen and oxygen atoms in total. The fraction of sp³-hybridized carbons (Fsp3) is 0.500. The second-order valence-corrected chi connectivity index (χ2v) is 4.35. The average molecular weight is 265 g/mol. The van der Waals surface area contributed by atoms with E-state index < -0.39 is 4.92 Å². The van der Waals surface area contributed by atoms with Gasteiger partial charge in [-0.15, -0.1) is 0 Å². The Balaban J connectivity index is 2.45. The minimum Gasteiger partial charge on any atom is -0.481 e. The Bertz CT molecular complexity index is 492. The molecule has 0 spiro atoms. The molecule has 19 heavy (non-hydrogen) atoms. The van der Waals surface area contributed by atoms with Crippen molar-refractivity contribution in [2.24, 2.45) is 0 Å². The van der Waals surface area contributed by atoms with Crippen molar-refractivity contribution in [3.05, 3.63) is 22.2 Å². The fourth-order valence-corrected chi connectivity index (χ4v) is 2.25. The monoisotopic (exact) mass is 265 g/mol. The van der Waals surface area contributed by atoms with Crippen molar-refractivity contribution >= 4 is 17.8 Å². The lowest BCUT2D eigenvalue weighted by atomic mass is 10.0. The second kappa shape index (κ2) is 5.64. The van der Waals surface area contributed by atoms with Crippen LogP contribution in [0.1, 0.15) is 19.3 Å². The van der Waals surface area contributed by atoms with Crippen LogP contribution in [0.4, 0.5) is 11.5 Å². The van der Waals surface area contributed by atoms with Gasteiger partial charge < -0.3 is 14.4 Å². The maximum absolute atomic E-state index is 11.1. The van der Waals surface area contributed by atoms with Crippen molar-refractivity contribution in [2.75, 3.05) is 18.6 Å². The van der Waals surface area contributed by atoms with Crippen LogP contribution in [0.5, 0.6) is 5.88 Å². The van der Waals surface area contributed by atoms with E-state index in [0.29, 0.717) is 18.8 Å². The van der Waals surface area contributed by atoms with E-state index in [0.717, 1.165) is 19.1 Å². The minimum atomic E-state index is -0.488. The zero-order chi connectivity index (χ0) is 13.8. The van der Waals surface area contributed by atoms with Crippen LogP contribution < -0.4 is 9.64 Å². The van der Waals surface area contributed by atoms with Gasteiger partial charge in [0.1, 0.15) is 6.29 Å². The molecule has 0 radical (unpaired) electrons. The van der Waals surface area contributed by atoms with Gasteiger partial charge in [0.2, 0.25) is 11.7 Å². The molecule has 0 aliphatic carbocycles. The van der Waals surface area contributed by atoms with Gasteiger partial charge in [0.25, 0.3) is 0 Å². The van der Waals surface area contributed by atoms with Crippen LogP contribution in [0.3, 0.4) is 0 Å². The lowest BCUT2D eigenvalue weighted by Crippen LogP contribution is -2.41. The number of hydrogen-bond acceptors (Lipinski definition) is 6. The first kappa shape index (κ1) is 13.3. The highest BCUT2D eigenvalue weighted by Gasteiger charge is 2.29. The first-order valence-electron chi connectivity index (χ1n) is 6.08. The number of nitro groups is 1. The normalized spacial score (nSPS) is 19.0. The quantitative estimate of drug-likeness (QED) is 0.466. The number of pyridine rings is 1. The number of rotatable bonds is 4. The molecule has 1 aliphatic rings. The lowest BCUT2D eigenvalue weighted by molar-refractivity contribution is -0.384. The number of piperidine rings is 1. The van der Waals surface area contributed by atoms with Crippen LogP contribution in [-0.4, -0.2) is 35.9 Å². The Labute approximate surface area is 110 Å². The van der Waals surface area contributed by atoms with Crippen molar-refractivity contribution < 1.29 is 14.5 Å². The molecule has 102 valence electrons. The summed E-state index contributed by atoms with van der Waals surface area (Å²) in [6.45, 7) is 0.588. The van der Waals surface area contributed by atoms with Gasteiger partial charge in [0.15, 0.2) is 0 Å².